The highest BCUT2D eigenvalue weighted by molar-refractivity contribution is 5.70. The van der Waals surface area contributed by atoms with Gasteiger partial charge in [0.2, 0.25) is 0 Å². The zero-order valence-electron chi connectivity index (χ0n) is 13.0. The average Bonchev–Trinajstić information content (AvgIpc) is 3.24. The van der Waals surface area contributed by atoms with Gasteiger partial charge in [-0.3, -0.25) is 4.79 Å². The van der Waals surface area contributed by atoms with Gasteiger partial charge in [-0.1, -0.05) is 30.3 Å². The monoisotopic (exact) mass is 310 g/mol. The average molecular weight is 310 g/mol. The van der Waals surface area contributed by atoms with E-state index in [0.29, 0.717) is 12.4 Å². The molecule has 0 saturated carbocycles. The molecule has 23 heavy (non-hydrogen) atoms. The number of carbonyl (C=O) groups is 1. The van der Waals surface area contributed by atoms with E-state index in [1.807, 2.05) is 30.3 Å². The van der Waals surface area contributed by atoms with Gasteiger partial charge < -0.3 is 14.2 Å². The molecule has 4 nitrogen and oxygen atoms in total. The van der Waals surface area contributed by atoms with Crippen molar-refractivity contribution in [3.8, 4) is 11.5 Å². The highest BCUT2D eigenvalue weighted by Gasteiger charge is 2.59. The van der Waals surface area contributed by atoms with E-state index in [2.05, 4.69) is 12.1 Å². The van der Waals surface area contributed by atoms with Crippen LogP contribution in [0.3, 0.4) is 0 Å². The first kappa shape index (κ1) is 14.3. The molecular weight excluding hydrogens is 292 g/mol. The summed E-state index contributed by atoms with van der Waals surface area (Å²) >= 11 is 0. The minimum atomic E-state index is -0.432. The zero-order valence-corrected chi connectivity index (χ0v) is 13.0. The molecule has 1 spiro atoms. The second-order valence-electron chi connectivity index (χ2n) is 6.00. The Kier molecular flexibility index (Phi) is 3.34. The Balaban J connectivity index is 1.77. The van der Waals surface area contributed by atoms with Crippen LogP contribution in [0.2, 0.25) is 0 Å². The number of carbonyl (C=O) groups excluding carboxylic acids is 1. The third-order valence-corrected chi connectivity index (χ3v) is 4.42. The Morgan fingerprint density at radius 2 is 2.04 bits per heavy atom. The molecule has 0 radical (unpaired) electrons. The van der Waals surface area contributed by atoms with Gasteiger partial charge >= 0.3 is 5.97 Å². The normalized spacial score (nSPS) is 25.2. The first-order valence-electron chi connectivity index (χ1n) is 7.87. The van der Waals surface area contributed by atoms with Crippen molar-refractivity contribution in [2.75, 3.05) is 6.61 Å². The highest BCUT2D eigenvalue weighted by Crippen LogP contribution is 2.62. The SMILES string of the molecule is CC(=O)Oc1cc2ccc1C1(CCCO2)OC1c1ccccc1. The smallest absolute Gasteiger partial charge is 0.308 e. The molecule has 2 unspecified atom stereocenters. The molecule has 3 heterocycles. The summed E-state index contributed by atoms with van der Waals surface area (Å²) in [5, 5.41) is 0. The molecule has 4 heteroatoms. The predicted molar refractivity (Wildman–Crippen MR) is 84.4 cm³/mol. The maximum absolute atomic E-state index is 11.5. The fourth-order valence-corrected chi connectivity index (χ4v) is 3.38. The molecule has 0 amide bonds. The van der Waals surface area contributed by atoms with E-state index >= 15 is 0 Å². The van der Waals surface area contributed by atoms with Gasteiger partial charge in [0, 0.05) is 18.6 Å². The first-order valence-corrected chi connectivity index (χ1v) is 7.87. The molecule has 0 N–H and O–H groups in total. The van der Waals surface area contributed by atoms with E-state index in [0.717, 1.165) is 29.7 Å². The molecule has 2 atom stereocenters. The fourth-order valence-electron chi connectivity index (χ4n) is 3.38. The number of benzene rings is 2. The standard InChI is InChI=1S/C19H18O4/c1-13(20)22-17-12-15-8-9-16(17)19(10-5-11-21-15)18(23-19)14-6-3-2-4-7-14/h2-4,6-9,12,18H,5,10-11H2,1H3. The Morgan fingerprint density at radius 3 is 2.83 bits per heavy atom. The summed E-state index contributed by atoms with van der Waals surface area (Å²) in [5.74, 6) is 0.920. The van der Waals surface area contributed by atoms with Gasteiger partial charge in [-0.15, -0.1) is 0 Å². The van der Waals surface area contributed by atoms with E-state index in [1.54, 1.807) is 6.07 Å². The van der Waals surface area contributed by atoms with Crippen LogP contribution in [0.25, 0.3) is 0 Å². The second-order valence-corrected chi connectivity index (χ2v) is 6.00. The first-order chi connectivity index (χ1) is 11.2. The Bertz CT molecular complexity index is 740. The molecule has 0 aromatic heterocycles. The summed E-state index contributed by atoms with van der Waals surface area (Å²) in [6.45, 7) is 2.04. The van der Waals surface area contributed by atoms with Crippen LogP contribution in [0.15, 0.2) is 48.5 Å². The van der Waals surface area contributed by atoms with E-state index in [9.17, 15) is 4.79 Å². The summed E-state index contributed by atoms with van der Waals surface area (Å²) in [6.07, 6.45) is 1.71. The lowest BCUT2D eigenvalue weighted by molar-refractivity contribution is -0.131. The van der Waals surface area contributed by atoms with Crippen molar-refractivity contribution in [1.82, 2.24) is 0 Å². The van der Waals surface area contributed by atoms with E-state index < -0.39 is 5.60 Å². The largest absolute Gasteiger partial charge is 0.493 e. The number of epoxide rings is 1. The molecule has 2 aromatic carbocycles. The predicted octanol–water partition coefficient (Wildman–Crippen LogP) is 3.75. The number of esters is 1. The molecule has 0 aliphatic carbocycles. The van der Waals surface area contributed by atoms with Crippen molar-refractivity contribution in [2.24, 2.45) is 0 Å². The number of hydrogen-bond donors (Lipinski definition) is 0. The fraction of sp³-hybridized carbons (Fsp3) is 0.316. The molecule has 3 aliphatic heterocycles. The summed E-state index contributed by atoms with van der Waals surface area (Å²) < 4.78 is 17.3. The van der Waals surface area contributed by atoms with Crippen molar-refractivity contribution in [3.63, 3.8) is 0 Å². The summed E-state index contributed by atoms with van der Waals surface area (Å²) in [4.78, 5) is 11.5. The summed E-state index contributed by atoms with van der Waals surface area (Å²) in [7, 11) is 0. The molecule has 5 rings (SSSR count). The molecule has 118 valence electrons. The van der Waals surface area contributed by atoms with Crippen molar-refractivity contribution in [2.45, 2.75) is 31.5 Å². The maximum Gasteiger partial charge on any atom is 0.308 e. The lowest BCUT2D eigenvalue weighted by Crippen LogP contribution is -2.14. The zero-order chi connectivity index (χ0) is 15.9. The van der Waals surface area contributed by atoms with Crippen molar-refractivity contribution >= 4 is 5.97 Å². The third kappa shape index (κ3) is 2.49. The number of hydrogen-bond acceptors (Lipinski definition) is 4. The van der Waals surface area contributed by atoms with Crippen LogP contribution < -0.4 is 9.47 Å². The Hall–Kier alpha value is -2.33. The Labute approximate surface area is 135 Å². The molecular formula is C19H18O4. The lowest BCUT2D eigenvalue weighted by atomic mass is 9.87. The van der Waals surface area contributed by atoms with Gasteiger partial charge in [0.25, 0.3) is 0 Å². The molecule has 2 aromatic rings. The number of fused-ring (bicyclic) bond motifs is 5. The van der Waals surface area contributed by atoms with Crippen LogP contribution in [-0.4, -0.2) is 12.6 Å². The van der Waals surface area contributed by atoms with Crippen LogP contribution >= 0.6 is 0 Å². The minimum absolute atomic E-state index is 0.0121. The number of ether oxygens (including phenoxy) is 3. The topological polar surface area (TPSA) is 48.1 Å². The highest BCUT2D eigenvalue weighted by atomic mass is 16.6. The van der Waals surface area contributed by atoms with E-state index in [-0.39, 0.29) is 12.1 Å². The van der Waals surface area contributed by atoms with Crippen molar-refractivity contribution in [3.05, 3.63) is 59.7 Å². The van der Waals surface area contributed by atoms with Crippen LogP contribution in [0.1, 0.15) is 37.0 Å². The maximum atomic E-state index is 11.5. The second kappa shape index (κ2) is 5.39. The third-order valence-electron chi connectivity index (χ3n) is 4.42. The van der Waals surface area contributed by atoms with E-state index in [1.165, 1.54) is 6.92 Å². The molecule has 1 fully saturated rings. The molecule has 3 aliphatic rings. The van der Waals surface area contributed by atoms with Gasteiger partial charge in [-0.2, -0.15) is 0 Å². The van der Waals surface area contributed by atoms with E-state index in [4.69, 9.17) is 14.2 Å². The van der Waals surface area contributed by atoms with Crippen LogP contribution in [0, 0.1) is 0 Å². The Morgan fingerprint density at radius 1 is 1.22 bits per heavy atom. The quantitative estimate of drug-likeness (QED) is 0.481. The van der Waals surface area contributed by atoms with Crippen LogP contribution in [-0.2, 0) is 15.1 Å². The molecule has 1 saturated heterocycles. The van der Waals surface area contributed by atoms with Gasteiger partial charge in [0.1, 0.15) is 23.2 Å². The van der Waals surface area contributed by atoms with Crippen molar-refractivity contribution < 1.29 is 19.0 Å². The van der Waals surface area contributed by atoms with Gasteiger partial charge in [-0.05, 0) is 30.5 Å². The summed E-state index contributed by atoms with van der Waals surface area (Å²) in [6, 6.07) is 15.8. The summed E-state index contributed by atoms with van der Waals surface area (Å²) in [5.41, 5.74) is 1.64. The van der Waals surface area contributed by atoms with Crippen LogP contribution in [0.4, 0.5) is 0 Å². The van der Waals surface area contributed by atoms with Gasteiger partial charge in [0.15, 0.2) is 0 Å². The lowest BCUT2D eigenvalue weighted by Gasteiger charge is -2.16. The molecule has 2 bridgehead atoms. The van der Waals surface area contributed by atoms with Gasteiger partial charge in [-0.25, -0.2) is 0 Å². The minimum Gasteiger partial charge on any atom is -0.493 e. The van der Waals surface area contributed by atoms with Crippen LogP contribution in [0.5, 0.6) is 11.5 Å². The van der Waals surface area contributed by atoms with Crippen molar-refractivity contribution in [1.29, 1.82) is 0 Å². The van der Waals surface area contributed by atoms with Gasteiger partial charge in [0.05, 0.1) is 6.61 Å². The number of rotatable bonds is 2.